The van der Waals surface area contributed by atoms with Gasteiger partial charge < -0.3 is 15.5 Å². The predicted molar refractivity (Wildman–Crippen MR) is 123 cm³/mol. The number of hydrogen-bond donors (Lipinski definition) is 2. The summed E-state index contributed by atoms with van der Waals surface area (Å²) in [6.07, 6.45) is 2.69. The number of halogens is 1. The lowest BCUT2D eigenvalue weighted by Gasteiger charge is -2.37. The first-order chi connectivity index (χ1) is 15.5. The molecule has 1 aliphatic heterocycles. The fourth-order valence-corrected chi connectivity index (χ4v) is 4.32. The molecule has 0 unspecified atom stereocenters. The number of piperidine rings is 1. The second-order valence-corrected chi connectivity index (χ2v) is 8.31. The minimum atomic E-state index is -0.271. The molecule has 2 aromatic carbocycles. The Morgan fingerprint density at radius 3 is 2.50 bits per heavy atom. The van der Waals surface area contributed by atoms with E-state index < -0.39 is 0 Å². The largest absolute Gasteiger partial charge is 0.358 e. The van der Waals surface area contributed by atoms with E-state index in [1.165, 1.54) is 12.1 Å². The van der Waals surface area contributed by atoms with Gasteiger partial charge in [0.15, 0.2) is 0 Å². The molecule has 6 heteroatoms. The van der Waals surface area contributed by atoms with Crippen LogP contribution in [0, 0.1) is 23.6 Å². The normalized spacial score (nSPS) is 16.3. The quantitative estimate of drug-likeness (QED) is 0.495. The summed E-state index contributed by atoms with van der Waals surface area (Å²) in [5.74, 6) is 5.57. The van der Waals surface area contributed by atoms with E-state index in [0.29, 0.717) is 12.5 Å². The molecule has 2 amide bonds. The van der Waals surface area contributed by atoms with Crippen LogP contribution in [0.5, 0.6) is 0 Å². The molecule has 2 atom stereocenters. The summed E-state index contributed by atoms with van der Waals surface area (Å²) in [7, 11) is 0. The fraction of sp³-hybridized carbons (Fsp3) is 0.385. The minimum absolute atomic E-state index is 0.00579. The van der Waals surface area contributed by atoms with Crippen LogP contribution in [0.25, 0.3) is 0 Å². The lowest BCUT2D eigenvalue weighted by molar-refractivity contribution is -0.116. The zero-order valence-corrected chi connectivity index (χ0v) is 18.4. The third-order valence-electron chi connectivity index (χ3n) is 5.92. The van der Waals surface area contributed by atoms with Gasteiger partial charge in [-0.25, -0.2) is 4.39 Å². The van der Waals surface area contributed by atoms with Crippen LogP contribution in [-0.2, 0) is 9.59 Å². The zero-order valence-electron chi connectivity index (χ0n) is 18.4. The molecule has 0 radical (unpaired) electrons. The average molecular weight is 436 g/mol. The molecule has 0 aliphatic carbocycles. The summed E-state index contributed by atoms with van der Waals surface area (Å²) in [5.41, 5.74) is 1.87. The van der Waals surface area contributed by atoms with Crippen molar-refractivity contribution in [3.05, 3.63) is 71.5 Å². The average Bonchev–Trinajstić information content (AvgIpc) is 2.80. The summed E-state index contributed by atoms with van der Waals surface area (Å²) in [6.45, 7) is 5.13. The second-order valence-electron chi connectivity index (χ2n) is 8.31. The van der Waals surface area contributed by atoms with E-state index >= 15 is 0 Å². The molecule has 0 spiro atoms. The Morgan fingerprint density at radius 2 is 1.84 bits per heavy atom. The second kappa shape index (κ2) is 12.0. The molecule has 2 N–H and O–H groups in total. The van der Waals surface area contributed by atoms with Gasteiger partial charge in [-0.05, 0) is 68.6 Å². The van der Waals surface area contributed by atoms with Crippen molar-refractivity contribution in [2.75, 3.05) is 26.2 Å². The van der Waals surface area contributed by atoms with Crippen LogP contribution in [0.3, 0.4) is 0 Å². The number of amides is 2. The Morgan fingerprint density at radius 1 is 1.16 bits per heavy atom. The molecular formula is C26H30FN3O2. The Hall–Kier alpha value is -3.17. The lowest BCUT2D eigenvalue weighted by atomic mass is 9.80. The van der Waals surface area contributed by atoms with Gasteiger partial charge in [-0.15, -0.1) is 0 Å². The molecule has 1 heterocycles. The Bertz CT molecular complexity index is 929. The van der Waals surface area contributed by atoms with E-state index in [1.807, 2.05) is 49.4 Å². The van der Waals surface area contributed by atoms with Crippen LogP contribution in [-0.4, -0.2) is 49.4 Å². The highest BCUT2D eigenvalue weighted by atomic mass is 19.1. The van der Waals surface area contributed by atoms with E-state index in [9.17, 15) is 14.0 Å². The van der Waals surface area contributed by atoms with Crippen LogP contribution >= 0.6 is 0 Å². The molecule has 3 rings (SSSR count). The monoisotopic (exact) mass is 435 g/mol. The van der Waals surface area contributed by atoms with Gasteiger partial charge in [-0.2, -0.15) is 0 Å². The highest BCUT2D eigenvalue weighted by Crippen LogP contribution is 2.32. The molecule has 1 aliphatic rings. The first-order valence-corrected chi connectivity index (χ1v) is 11.1. The van der Waals surface area contributed by atoms with Crippen LogP contribution in [0.15, 0.2) is 54.6 Å². The Labute approximate surface area is 189 Å². The summed E-state index contributed by atoms with van der Waals surface area (Å²) >= 11 is 0. The summed E-state index contributed by atoms with van der Waals surface area (Å²) in [4.78, 5) is 25.3. The van der Waals surface area contributed by atoms with E-state index in [1.54, 1.807) is 0 Å². The third kappa shape index (κ3) is 7.21. The number of carbonyl (C=O) groups is 2. The van der Waals surface area contributed by atoms with Gasteiger partial charge in [-0.1, -0.05) is 36.3 Å². The van der Waals surface area contributed by atoms with Crippen LogP contribution in [0.1, 0.15) is 36.8 Å². The van der Waals surface area contributed by atoms with Gasteiger partial charge in [0.25, 0.3) is 5.91 Å². The Kier molecular flexibility index (Phi) is 8.82. The van der Waals surface area contributed by atoms with Crippen molar-refractivity contribution in [3.63, 3.8) is 0 Å². The Balaban J connectivity index is 1.48. The maximum atomic E-state index is 13.3. The standard InChI is InChI=1S/C26H30FN3O2/c1-20(29-26(32)12-7-21-5-3-2-4-6-21)18-30-15-13-23(14-16-30)25(17-28-19-31)22-8-10-24(27)11-9-22/h2-6,8-11,19-20,23,25H,13-18H2,1H3,(H,28,31)(H,29,32)/t20-,25-/m0/s1. The number of rotatable bonds is 8. The number of benzene rings is 2. The zero-order chi connectivity index (χ0) is 22.8. The van der Waals surface area contributed by atoms with Gasteiger partial charge in [0.1, 0.15) is 5.82 Å². The van der Waals surface area contributed by atoms with E-state index in [0.717, 1.165) is 50.0 Å². The number of nitrogens with one attached hydrogen (secondary N) is 2. The smallest absolute Gasteiger partial charge is 0.296 e. The van der Waals surface area contributed by atoms with Crippen molar-refractivity contribution in [3.8, 4) is 11.8 Å². The molecule has 32 heavy (non-hydrogen) atoms. The molecule has 0 aromatic heterocycles. The highest BCUT2D eigenvalue weighted by Gasteiger charge is 2.28. The fourth-order valence-electron chi connectivity index (χ4n) is 4.32. The van der Waals surface area contributed by atoms with Crippen molar-refractivity contribution in [1.82, 2.24) is 15.5 Å². The maximum Gasteiger partial charge on any atom is 0.296 e. The summed E-state index contributed by atoms with van der Waals surface area (Å²) < 4.78 is 13.3. The minimum Gasteiger partial charge on any atom is -0.358 e. The van der Waals surface area contributed by atoms with E-state index in [-0.39, 0.29) is 23.7 Å². The maximum absolute atomic E-state index is 13.3. The molecule has 0 saturated carbocycles. The molecule has 1 saturated heterocycles. The van der Waals surface area contributed by atoms with Crippen LogP contribution < -0.4 is 10.6 Å². The topological polar surface area (TPSA) is 61.4 Å². The SMILES string of the molecule is C[C@@H](CN1CCC([C@@H](CNC=O)c2ccc(F)cc2)CC1)NC(=O)C#Cc1ccccc1. The van der Waals surface area contributed by atoms with Crippen molar-refractivity contribution in [2.45, 2.75) is 31.7 Å². The third-order valence-corrected chi connectivity index (χ3v) is 5.92. The van der Waals surface area contributed by atoms with E-state index in [4.69, 9.17) is 0 Å². The van der Waals surface area contributed by atoms with Crippen molar-refractivity contribution >= 4 is 12.3 Å². The van der Waals surface area contributed by atoms with Gasteiger partial charge in [-0.3, -0.25) is 9.59 Å². The van der Waals surface area contributed by atoms with Crippen molar-refractivity contribution in [1.29, 1.82) is 0 Å². The summed E-state index contributed by atoms with van der Waals surface area (Å²) in [6, 6.07) is 16.0. The van der Waals surface area contributed by atoms with Gasteiger partial charge in [0.05, 0.1) is 0 Å². The number of hydrogen-bond acceptors (Lipinski definition) is 3. The molecular weight excluding hydrogens is 405 g/mol. The van der Waals surface area contributed by atoms with Gasteiger partial charge >= 0.3 is 0 Å². The first kappa shape index (κ1) is 23.5. The molecule has 2 aromatic rings. The van der Waals surface area contributed by atoms with Gasteiger partial charge in [0.2, 0.25) is 6.41 Å². The molecule has 1 fully saturated rings. The van der Waals surface area contributed by atoms with Crippen molar-refractivity contribution < 1.29 is 14.0 Å². The number of likely N-dealkylation sites (tertiary alicyclic amines) is 1. The number of carbonyl (C=O) groups excluding carboxylic acids is 2. The molecule has 0 bridgehead atoms. The van der Waals surface area contributed by atoms with Crippen LogP contribution in [0.4, 0.5) is 4.39 Å². The number of nitrogens with zero attached hydrogens (tertiary/aromatic N) is 1. The van der Waals surface area contributed by atoms with Gasteiger partial charge in [0, 0.05) is 36.5 Å². The highest BCUT2D eigenvalue weighted by molar-refractivity contribution is 5.94. The summed E-state index contributed by atoms with van der Waals surface area (Å²) in [5, 5.41) is 5.75. The molecule has 5 nitrogen and oxygen atoms in total. The predicted octanol–water partition coefficient (Wildman–Crippen LogP) is 2.92. The first-order valence-electron chi connectivity index (χ1n) is 11.1. The van der Waals surface area contributed by atoms with Crippen molar-refractivity contribution in [2.24, 2.45) is 5.92 Å². The molecule has 168 valence electrons. The van der Waals surface area contributed by atoms with Crippen LogP contribution in [0.2, 0.25) is 0 Å². The lowest BCUT2D eigenvalue weighted by Crippen LogP contribution is -2.45. The van der Waals surface area contributed by atoms with E-state index in [2.05, 4.69) is 27.4 Å².